The summed E-state index contributed by atoms with van der Waals surface area (Å²) >= 11 is 0. The van der Waals surface area contributed by atoms with Crippen LogP contribution in [-0.4, -0.2) is 22.3 Å². The van der Waals surface area contributed by atoms with Crippen LogP contribution in [0.3, 0.4) is 0 Å². The Kier molecular flexibility index (Phi) is 5.38. The Hall–Kier alpha value is -3.48. The lowest BCUT2D eigenvalue weighted by molar-refractivity contribution is -0.111. The zero-order valence-corrected chi connectivity index (χ0v) is 13.5. The van der Waals surface area contributed by atoms with Crippen molar-refractivity contribution in [1.82, 2.24) is 9.78 Å². The number of nitrogens with zero attached hydrogens (tertiary/aromatic N) is 2. The van der Waals surface area contributed by atoms with Crippen LogP contribution in [0.5, 0.6) is 5.75 Å². The Morgan fingerprint density at radius 2 is 1.88 bits per heavy atom. The topological polar surface area (TPSA) is 56.1 Å². The molecule has 0 unspecified atom stereocenters. The summed E-state index contributed by atoms with van der Waals surface area (Å²) in [5.41, 5.74) is 1.66. The number of para-hydroxylation sites is 3. The molecule has 1 aromatic heterocycles. The molecule has 26 heavy (non-hydrogen) atoms. The van der Waals surface area contributed by atoms with Crippen molar-refractivity contribution in [3.63, 3.8) is 0 Å². The van der Waals surface area contributed by atoms with E-state index in [1.807, 2.05) is 12.1 Å². The molecule has 3 rings (SSSR count). The molecule has 0 aliphatic heterocycles. The number of carbonyl (C=O) groups excluding carboxylic acids is 1. The van der Waals surface area contributed by atoms with E-state index in [0.717, 1.165) is 0 Å². The Bertz CT molecular complexity index is 909. The van der Waals surface area contributed by atoms with Crippen molar-refractivity contribution in [2.75, 3.05) is 5.32 Å². The minimum Gasteiger partial charge on any atom is -0.434 e. The molecule has 1 amide bonds. The fourth-order valence-electron chi connectivity index (χ4n) is 2.35. The van der Waals surface area contributed by atoms with Crippen LogP contribution in [0.1, 0.15) is 5.56 Å². The number of alkyl halides is 2. The second kappa shape index (κ2) is 8.06. The van der Waals surface area contributed by atoms with Crippen molar-refractivity contribution in [1.29, 1.82) is 0 Å². The number of nitrogens with one attached hydrogen (secondary N) is 1. The quantitative estimate of drug-likeness (QED) is 0.677. The van der Waals surface area contributed by atoms with Crippen LogP contribution in [0.15, 0.2) is 73.1 Å². The van der Waals surface area contributed by atoms with Gasteiger partial charge in [-0.05, 0) is 30.3 Å². The van der Waals surface area contributed by atoms with Gasteiger partial charge in [0.2, 0.25) is 5.91 Å². The second-order valence-corrected chi connectivity index (χ2v) is 5.21. The molecule has 0 saturated carbocycles. The number of amides is 1. The van der Waals surface area contributed by atoms with E-state index < -0.39 is 12.5 Å². The molecule has 0 aliphatic rings. The van der Waals surface area contributed by atoms with Crippen molar-refractivity contribution in [2.45, 2.75) is 6.61 Å². The minimum absolute atomic E-state index is 0.00323. The summed E-state index contributed by atoms with van der Waals surface area (Å²) in [5, 5.41) is 6.90. The normalized spacial score (nSPS) is 11.0. The number of halogens is 2. The minimum atomic E-state index is -2.93. The highest BCUT2D eigenvalue weighted by Gasteiger charge is 2.09. The van der Waals surface area contributed by atoms with E-state index in [2.05, 4.69) is 15.2 Å². The summed E-state index contributed by atoms with van der Waals surface area (Å²) in [6, 6.07) is 15.2. The molecule has 0 saturated heterocycles. The zero-order valence-electron chi connectivity index (χ0n) is 13.5. The molecule has 1 heterocycles. The third kappa shape index (κ3) is 4.32. The Labute approximate surface area is 148 Å². The molecule has 2 aromatic carbocycles. The van der Waals surface area contributed by atoms with Crippen molar-refractivity contribution in [3.05, 3.63) is 78.6 Å². The van der Waals surface area contributed by atoms with Gasteiger partial charge in [0.15, 0.2) is 0 Å². The SMILES string of the molecule is O=C(C=Cc1ccccc1OC(F)F)Nc1ccccc1-n1cccn1. The van der Waals surface area contributed by atoms with Gasteiger partial charge in [-0.1, -0.05) is 30.3 Å². The molecule has 0 fully saturated rings. The molecule has 132 valence electrons. The predicted octanol–water partition coefficient (Wildman–Crippen LogP) is 4.13. The average molecular weight is 355 g/mol. The molecule has 3 aromatic rings. The van der Waals surface area contributed by atoms with E-state index in [9.17, 15) is 13.6 Å². The maximum atomic E-state index is 12.4. The van der Waals surface area contributed by atoms with Crippen molar-refractivity contribution >= 4 is 17.7 Å². The van der Waals surface area contributed by atoms with Gasteiger partial charge in [-0.3, -0.25) is 4.79 Å². The number of hydrogen-bond donors (Lipinski definition) is 1. The number of anilines is 1. The summed E-state index contributed by atoms with van der Waals surface area (Å²) < 4.78 is 30.9. The Morgan fingerprint density at radius 3 is 2.65 bits per heavy atom. The highest BCUT2D eigenvalue weighted by atomic mass is 19.3. The second-order valence-electron chi connectivity index (χ2n) is 5.21. The van der Waals surface area contributed by atoms with E-state index in [-0.39, 0.29) is 5.75 Å². The van der Waals surface area contributed by atoms with Crippen molar-refractivity contribution < 1.29 is 18.3 Å². The van der Waals surface area contributed by atoms with Gasteiger partial charge >= 0.3 is 6.61 Å². The molecule has 0 bridgehead atoms. The first-order chi connectivity index (χ1) is 12.6. The maximum absolute atomic E-state index is 12.4. The highest BCUT2D eigenvalue weighted by Crippen LogP contribution is 2.22. The van der Waals surface area contributed by atoms with Gasteiger partial charge in [0.25, 0.3) is 0 Å². The summed E-state index contributed by atoms with van der Waals surface area (Å²) in [6.07, 6.45) is 6.08. The lowest BCUT2D eigenvalue weighted by Gasteiger charge is -2.10. The summed E-state index contributed by atoms with van der Waals surface area (Å²) in [5.74, 6) is -0.403. The number of carbonyl (C=O) groups is 1. The van der Waals surface area contributed by atoms with E-state index in [4.69, 9.17) is 0 Å². The van der Waals surface area contributed by atoms with E-state index in [1.165, 1.54) is 18.2 Å². The maximum Gasteiger partial charge on any atom is 0.387 e. The molecular formula is C19H15F2N3O2. The van der Waals surface area contributed by atoms with E-state index >= 15 is 0 Å². The number of aromatic nitrogens is 2. The van der Waals surface area contributed by atoms with Gasteiger partial charge in [-0.25, -0.2) is 4.68 Å². The van der Waals surface area contributed by atoms with Crippen molar-refractivity contribution in [3.8, 4) is 11.4 Å². The first kappa shape index (κ1) is 17.3. The summed E-state index contributed by atoms with van der Waals surface area (Å²) in [4.78, 5) is 12.2. The highest BCUT2D eigenvalue weighted by molar-refractivity contribution is 6.03. The van der Waals surface area contributed by atoms with Crippen LogP contribution >= 0.6 is 0 Å². The summed E-state index contributed by atoms with van der Waals surface area (Å²) in [6.45, 7) is -2.93. The van der Waals surface area contributed by atoms with Crippen molar-refractivity contribution in [2.24, 2.45) is 0 Å². The first-order valence-corrected chi connectivity index (χ1v) is 7.75. The monoisotopic (exact) mass is 355 g/mol. The number of benzene rings is 2. The fourth-order valence-corrected chi connectivity index (χ4v) is 2.35. The molecule has 1 N–H and O–H groups in total. The molecule has 5 nitrogen and oxygen atoms in total. The number of hydrogen-bond acceptors (Lipinski definition) is 3. The average Bonchev–Trinajstić information content (AvgIpc) is 3.15. The Balaban J connectivity index is 1.76. The van der Waals surface area contributed by atoms with Gasteiger partial charge in [-0.15, -0.1) is 0 Å². The molecular weight excluding hydrogens is 340 g/mol. The summed E-state index contributed by atoms with van der Waals surface area (Å²) in [7, 11) is 0. The predicted molar refractivity (Wildman–Crippen MR) is 94.3 cm³/mol. The van der Waals surface area contributed by atoms with Crippen LogP contribution in [0, 0.1) is 0 Å². The fraction of sp³-hybridized carbons (Fsp3) is 0.0526. The van der Waals surface area contributed by atoms with Crippen LogP contribution in [-0.2, 0) is 4.79 Å². The molecule has 0 atom stereocenters. The Morgan fingerprint density at radius 1 is 1.12 bits per heavy atom. The third-order valence-corrected chi connectivity index (χ3v) is 3.46. The largest absolute Gasteiger partial charge is 0.434 e. The molecule has 0 spiro atoms. The number of ether oxygens (including phenoxy) is 1. The van der Waals surface area contributed by atoms with Crippen LogP contribution in [0.2, 0.25) is 0 Å². The van der Waals surface area contributed by atoms with Crippen LogP contribution in [0.25, 0.3) is 11.8 Å². The smallest absolute Gasteiger partial charge is 0.387 e. The lowest BCUT2D eigenvalue weighted by atomic mass is 10.2. The van der Waals surface area contributed by atoms with Crippen LogP contribution in [0.4, 0.5) is 14.5 Å². The molecule has 0 aliphatic carbocycles. The molecule has 7 heteroatoms. The van der Waals surface area contributed by atoms with Gasteiger partial charge in [-0.2, -0.15) is 13.9 Å². The van der Waals surface area contributed by atoms with Crippen LogP contribution < -0.4 is 10.1 Å². The van der Waals surface area contributed by atoms with Gasteiger partial charge in [0.1, 0.15) is 5.75 Å². The van der Waals surface area contributed by atoms with Gasteiger partial charge in [0.05, 0.1) is 11.4 Å². The lowest BCUT2D eigenvalue weighted by Crippen LogP contribution is -2.11. The van der Waals surface area contributed by atoms with E-state index in [0.29, 0.717) is 16.9 Å². The van der Waals surface area contributed by atoms with Gasteiger partial charge in [0, 0.05) is 24.0 Å². The van der Waals surface area contributed by atoms with Gasteiger partial charge < -0.3 is 10.1 Å². The third-order valence-electron chi connectivity index (χ3n) is 3.46. The standard InChI is InChI=1S/C19H15F2N3O2/c20-19(21)26-17-9-4-1-6-14(17)10-11-18(25)23-15-7-2-3-8-16(15)24-13-5-12-22-24/h1-13,19H,(H,23,25). The number of rotatable bonds is 6. The van der Waals surface area contributed by atoms with E-state index in [1.54, 1.807) is 53.5 Å². The first-order valence-electron chi connectivity index (χ1n) is 7.75. The zero-order chi connectivity index (χ0) is 18.4. The molecule has 0 radical (unpaired) electrons.